The van der Waals surface area contributed by atoms with Gasteiger partial charge in [0, 0.05) is 11.8 Å². The minimum atomic E-state index is -0.831. The Morgan fingerprint density at radius 2 is 1.65 bits per heavy atom. The summed E-state index contributed by atoms with van der Waals surface area (Å²) < 4.78 is 10.5. The number of ether oxygens (including phenoxy) is 2. The van der Waals surface area contributed by atoms with Gasteiger partial charge in [0.1, 0.15) is 11.6 Å². The van der Waals surface area contributed by atoms with Crippen LogP contribution < -0.4 is 26.0 Å². The average molecular weight is 590 g/mol. The van der Waals surface area contributed by atoms with Gasteiger partial charge in [-0.2, -0.15) is 0 Å². The van der Waals surface area contributed by atoms with E-state index in [1.54, 1.807) is 69.3 Å². The lowest BCUT2D eigenvalue weighted by molar-refractivity contribution is -0.385. The van der Waals surface area contributed by atoms with Gasteiger partial charge in [0.05, 0.1) is 34.7 Å². The Morgan fingerprint density at radius 3 is 2.30 bits per heavy atom. The summed E-state index contributed by atoms with van der Waals surface area (Å²) in [6.45, 7) is 9.12. The summed E-state index contributed by atoms with van der Waals surface area (Å²) in [5.41, 5.74) is 2.91. The molecule has 12 nitrogen and oxygen atoms in total. The van der Waals surface area contributed by atoms with Crippen molar-refractivity contribution in [3.8, 4) is 16.9 Å². The van der Waals surface area contributed by atoms with Crippen molar-refractivity contribution in [3.63, 3.8) is 0 Å². The van der Waals surface area contributed by atoms with Crippen LogP contribution in [0.15, 0.2) is 54.6 Å². The van der Waals surface area contributed by atoms with Crippen LogP contribution >= 0.6 is 0 Å². The zero-order chi connectivity index (χ0) is 31.5. The Labute approximate surface area is 249 Å². The molecule has 226 valence electrons. The van der Waals surface area contributed by atoms with Crippen LogP contribution in [-0.4, -0.2) is 41.6 Å². The number of hydrogen-bond acceptors (Lipinski definition) is 8. The number of hydrogen-bond donors (Lipinski definition) is 4. The lowest BCUT2D eigenvalue weighted by Crippen LogP contribution is -2.46. The number of anilines is 4. The number of nitro benzene ring substituents is 1. The predicted octanol–water partition coefficient (Wildman–Crippen LogP) is 6.46. The summed E-state index contributed by atoms with van der Waals surface area (Å²) in [7, 11) is 1.37. The van der Waals surface area contributed by atoms with Gasteiger partial charge in [0.2, 0.25) is 5.91 Å². The van der Waals surface area contributed by atoms with E-state index in [-0.39, 0.29) is 23.3 Å². The quantitative estimate of drug-likeness (QED) is 0.172. The first-order valence-electron chi connectivity index (χ1n) is 13.7. The number of benzene rings is 3. The molecular formula is C31H35N5O7. The van der Waals surface area contributed by atoms with Gasteiger partial charge in [-0.15, -0.1) is 0 Å². The van der Waals surface area contributed by atoms with E-state index in [9.17, 15) is 24.5 Å². The molecule has 12 heteroatoms. The molecule has 3 aromatic rings. The summed E-state index contributed by atoms with van der Waals surface area (Å²) in [6.07, 6.45) is -0.289. The third-order valence-corrected chi connectivity index (χ3v) is 6.49. The Morgan fingerprint density at radius 1 is 0.953 bits per heavy atom. The molecule has 1 aliphatic rings. The number of nitro groups is 1. The summed E-state index contributed by atoms with van der Waals surface area (Å²) >= 11 is 0. The number of amides is 3. The third kappa shape index (κ3) is 7.59. The van der Waals surface area contributed by atoms with Crippen LogP contribution in [0.1, 0.15) is 51.4 Å². The van der Waals surface area contributed by atoms with E-state index in [0.29, 0.717) is 45.9 Å². The Hall–Kier alpha value is -5.13. The van der Waals surface area contributed by atoms with Crippen LogP contribution in [0.5, 0.6) is 5.75 Å². The molecule has 1 unspecified atom stereocenters. The number of nitrogens with zero attached hydrogens (tertiary/aromatic N) is 1. The van der Waals surface area contributed by atoms with Crippen molar-refractivity contribution in [1.29, 1.82) is 0 Å². The number of methoxy groups -OCH3 is 1. The summed E-state index contributed by atoms with van der Waals surface area (Å²) in [6, 6.07) is 14.0. The topological polar surface area (TPSA) is 161 Å². The molecule has 0 saturated heterocycles. The summed E-state index contributed by atoms with van der Waals surface area (Å²) in [4.78, 5) is 49.5. The number of carbonyl (C=O) groups is 3. The molecule has 0 spiro atoms. The molecule has 0 radical (unpaired) electrons. The molecule has 1 atom stereocenters. The molecular weight excluding hydrogens is 554 g/mol. The molecule has 3 amide bonds. The first-order valence-corrected chi connectivity index (χ1v) is 13.7. The van der Waals surface area contributed by atoms with E-state index in [2.05, 4.69) is 21.3 Å². The van der Waals surface area contributed by atoms with E-state index >= 15 is 0 Å². The molecule has 0 aliphatic carbocycles. The van der Waals surface area contributed by atoms with Gasteiger partial charge in [0.15, 0.2) is 5.75 Å². The van der Waals surface area contributed by atoms with Crippen molar-refractivity contribution in [2.24, 2.45) is 5.92 Å². The van der Waals surface area contributed by atoms with Crippen LogP contribution in [0.25, 0.3) is 11.1 Å². The fourth-order valence-electron chi connectivity index (χ4n) is 4.58. The molecule has 4 rings (SSSR count). The van der Waals surface area contributed by atoms with E-state index in [1.165, 1.54) is 13.2 Å². The fourth-order valence-corrected chi connectivity index (χ4v) is 4.58. The van der Waals surface area contributed by atoms with Crippen molar-refractivity contribution < 1.29 is 28.8 Å². The number of fused-ring (bicyclic) bond motifs is 2. The summed E-state index contributed by atoms with van der Waals surface area (Å²) in [5, 5.41) is 22.9. The van der Waals surface area contributed by atoms with Crippen molar-refractivity contribution in [1.82, 2.24) is 5.32 Å². The van der Waals surface area contributed by atoms with Gasteiger partial charge in [-0.1, -0.05) is 19.9 Å². The zero-order valence-electron chi connectivity index (χ0n) is 24.9. The number of rotatable bonds is 8. The van der Waals surface area contributed by atoms with E-state index < -0.39 is 28.6 Å². The predicted molar refractivity (Wildman–Crippen MR) is 164 cm³/mol. The molecule has 43 heavy (non-hydrogen) atoms. The molecule has 0 fully saturated rings. The molecule has 1 heterocycles. The lowest BCUT2D eigenvalue weighted by Gasteiger charge is -2.24. The molecule has 0 aromatic heterocycles. The Balaban J connectivity index is 1.56. The largest absolute Gasteiger partial charge is 0.490 e. The van der Waals surface area contributed by atoms with Gasteiger partial charge >= 0.3 is 11.8 Å². The third-order valence-electron chi connectivity index (χ3n) is 6.49. The van der Waals surface area contributed by atoms with E-state index in [0.717, 1.165) is 0 Å². The van der Waals surface area contributed by atoms with Crippen molar-refractivity contribution in [2.45, 2.75) is 52.7 Å². The molecule has 0 saturated carbocycles. The highest BCUT2D eigenvalue weighted by Gasteiger charge is 2.26. The van der Waals surface area contributed by atoms with Crippen molar-refractivity contribution in [3.05, 3.63) is 70.3 Å². The van der Waals surface area contributed by atoms with Gasteiger partial charge < -0.3 is 30.7 Å². The average Bonchev–Trinajstić information content (AvgIpc) is 3.05. The monoisotopic (exact) mass is 589 g/mol. The molecule has 4 N–H and O–H groups in total. The van der Waals surface area contributed by atoms with Gasteiger partial charge in [-0.25, -0.2) is 4.79 Å². The standard InChI is InChI=1S/C31H35N5O7/c1-17(2)13-25(35-30(39)43-31(3,4)5)29(38)32-20-9-11-22-24(16-20)34-28(37)21-10-7-18(14-23(21)33-22)19-8-12-26(36(40)41)27(15-19)42-6/h7-12,14-17,25,33H,13H2,1-6H3,(H,32,38)(H,34,37)(H,35,39). The van der Waals surface area contributed by atoms with Crippen molar-refractivity contribution in [2.75, 3.05) is 23.1 Å². The number of carbonyl (C=O) groups excluding carboxylic acids is 3. The summed E-state index contributed by atoms with van der Waals surface area (Å²) in [5.74, 6) is -0.530. The van der Waals surface area contributed by atoms with Crippen LogP contribution in [0, 0.1) is 16.0 Å². The highest BCUT2D eigenvalue weighted by atomic mass is 16.6. The number of alkyl carbamates (subject to hydrolysis) is 1. The SMILES string of the molecule is COc1cc(-c2ccc3c(c2)Nc2ccc(NC(=O)C(CC(C)C)NC(=O)OC(C)(C)C)cc2NC3=O)ccc1[N+](=O)[O-]. The lowest BCUT2D eigenvalue weighted by atomic mass is 10.0. The Bertz CT molecular complexity index is 1580. The maximum Gasteiger partial charge on any atom is 0.408 e. The maximum atomic E-state index is 13.2. The van der Waals surface area contributed by atoms with Crippen LogP contribution in [0.3, 0.4) is 0 Å². The van der Waals surface area contributed by atoms with Gasteiger partial charge in [0.25, 0.3) is 5.91 Å². The maximum absolute atomic E-state index is 13.2. The smallest absolute Gasteiger partial charge is 0.408 e. The Kier molecular flexibility index (Phi) is 8.88. The van der Waals surface area contributed by atoms with Crippen LogP contribution in [0.4, 0.5) is 33.2 Å². The minimum absolute atomic E-state index is 0.122. The molecule has 1 aliphatic heterocycles. The second-order valence-corrected chi connectivity index (χ2v) is 11.6. The second-order valence-electron chi connectivity index (χ2n) is 11.6. The molecule has 3 aromatic carbocycles. The van der Waals surface area contributed by atoms with Gasteiger partial charge in [-0.3, -0.25) is 19.7 Å². The molecule has 0 bridgehead atoms. The zero-order valence-corrected chi connectivity index (χ0v) is 24.9. The highest BCUT2D eigenvalue weighted by Crippen LogP contribution is 2.38. The first kappa shape index (κ1) is 30.8. The van der Waals surface area contributed by atoms with Crippen molar-refractivity contribution >= 4 is 46.3 Å². The van der Waals surface area contributed by atoms with Gasteiger partial charge in [-0.05, 0) is 86.7 Å². The van der Waals surface area contributed by atoms with Crippen LogP contribution in [0.2, 0.25) is 0 Å². The second kappa shape index (κ2) is 12.4. The highest BCUT2D eigenvalue weighted by molar-refractivity contribution is 6.13. The fraction of sp³-hybridized carbons (Fsp3) is 0.323. The van der Waals surface area contributed by atoms with E-state index in [4.69, 9.17) is 9.47 Å². The first-order chi connectivity index (χ1) is 20.2. The normalized spacial score (nSPS) is 13.0. The van der Waals surface area contributed by atoms with Crippen LogP contribution in [-0.2, 0) is 9.53 Å². The number of nitrogens with one attached hydrogen (secondary N) is 4. The van der Waals surface area contributed by atoms with E-state index in [1.807, 2.05) is 13.8 Å². The minimum Gasteiger partial charge on any atom is -0.490 e.